The molecule has 71 valence electrons. The molecule has 0 amide bonds. The van der Waals surface area contributed by atoms with Gasteiger partial charge in [-0.25, -0.2) is 4.98 Å². The Hall–Kier alpha value is -1.39. The molecule has 3 nitrogen and oxygen atoms in total. The summed E-state index contributed by atoms with van der Waals surface area (Å²) in [5.74, 6) is 0. The lowest BCUT2D eigenvalue weighted by atomic mass is 10.1. The second-order valence-electron chi connectivity index (χ2n) is 2.98. The molecule has 0 unspecified atom stereocenters. The van der Waals surface area contributed by atoms with Crippen molar-refractivity contribution in [1.82, 2.24) is 4.98 Å². The van der Waals surface area contributed by atoms with Gasteiger partial charge < -0.3 is 11.5 Å². The minimum absolute atomic E-state index is 0.501. The maximum absolute atomic E-state index is 5.76. The fourth-order valence-electron chi connectivity index (χ4n) is 1.30. The molecular weight excluding hydrogens is 194 g/mol. The summed E-state index contributed by atoms with van der Waals surface area (Å²) in [6.45, 7) is 0.501. The Labute approximate surface area is 86.4 Å². The number of hydrogen-bond acceptors (Lipinski definition) is 4. The molecule has 1 heterocycles. The molecule has 0 spiro atoms. The van der Waals surface area contributed by atoms with Crippen LogP contribution in [0.2, 0.25) is 0 Å². The van der Waals surface area contributed by atoms with Crippen molar-refractivity contribution in [2.24, 2.45) is 5.73 Å². The van der Waals surface area contributed by atoms with Gasteiger partial charge in [0.25, 0.3) is 0 Å². The van der Waals surface area contributed by atoms with Crippen LogP contribution in [-0.4, -0.2) is 4.98 Å². The monoisotopic (exact) mass is 204 g/mol. The van der Waals surface area contributed by atoms with E-state index in [-0.39, 0.29) is 0 Å². The molecular formula is C10H10N3S. The van der Waals surface area contributed by atoms with Crippen molar-refractivity contribution in [3.8, 4) is 10.4 Å². The fraction of sp³-hybridized carbons (Fsp3) is 0.100. The van der Waals surface area contributed by atoms with Crippen molar-refractivity contribution in [2.75, 3.05) is 5.73 Å². The molecule has 2 rings (SSSR count). The normalized spacial score (nSPS) is 10.4. The second-order valence-corrected chi connectivity index (χ2v) is 3.81. The lowest BCUT2D eigenvalue weighted by Crippen LogP contribution is -1.98. The first-order valence-corrected chi connectivity index (χ1v) is 5.03. The van der Waals surface area contributed by atoms with Crippen molar-refractivity contribution in [1.29, 1.82) is 0 Å². The molecule has 14 heavy (non-hydrogen) atoms. The zero-order valence-electron chi connectivity index (χ0n) is 7.53. The van der Waals surface area contributed by atoms with E-state index in [9.17, 15) is 0 Å². The van der Waals surface area contributed by atoms with Crippen LogP contribution in [0.25, 0.3) is 10.4 Å². The van der Waals surface area contributed by atoms with E-state index < -0.39 is 0 Å². The lowest BCUT2D eigenvalue weighted by molar-refractivity contribution is 1.07. The molecule has 1 aromatic carbocycles. The van der Waals surface area contributed by atoms with E-state index in [0.29, 0.717) is 6.54 Å². The van der Waals surface area contributed by atoms with Crippen LogP contribution in [0.3, 0.4) is 0 Å². The molecule has 0 saturated heterocycles. The maximum Gasteiger partial charge on any atom is 0.152 e. The van der Waals surface area contributed by atoms with Crippen molar-refractivity contribution < 1.29 is 0 Å². The number of benzene rings is 1. The van der Waals surface area contributed by atoms with Crippen LogP contribution in [0.1, 0.15) is 5.56 Å². The highest BCUT2D eigenvalue weighted by molar-refractivity contribution is 7.12. The number of thiazole rings is 1. The Kier molecular flexibility index (Phi) is 2.47. The minimum Gasteiger partial charge on any atom is -0.399 e. The summed E-state index contributed by atoms with van der Waals surface area (Å²) in [6.07, 6.45) is 1.78. The maximum atomic E-state index is 5.76. The van der Waals surface area contributed by atoms with E-state index in [2.05, 4.69) is 10.5 Å². The third kappa shape index (κ3) is 1.76. The van der Waals surface area contributed by atoms with E-state index in [1.54, 1.807) is 6.20 Å². The summed E-state index contributed by atoms with van der Waals surface area (Å²) in [7, 11) is 0. The topological polar surface area (TPSA) is 64.9 Å². The van der Waals surface area contributed by atoms with Gasteiger partial charge >= 0.3 is 0 Å². The number of aromatic nitrogens is 1. The summed E-state index contributed by atoms with van der Waals surface area (Å²) in [5, 5.41) is 0. The predicted molar refractivity (Wildman–Crippen MR) is 58.7 cm³/mol. The van der Waals surface area contributed by atoms with Crippen molar-refractivity contribution in [3.63, 3.8) is 0 Å². The van der Waals surface area contributed by atoms with Crippen LogP contribution in [-0.2, 0) is 6.54 Å². The average molecular weight is 204 g/mol. The largest absolute Gasteiger partial charge is 0.399 e. The molecule has 1 aromatic heterocycles. The first-order chi connectivity index (χ1) is 6.79. The first-order valence-electron chi connectivity index (χ1n) is 4.21. The quantitative estimate of drug-likeness (QED) is 0.731. The SMILES string of the molecule is NCc1cc(N)cc(-c2cn[c]s2)c1. The predicted octanol–water partition coefficient (Wildman–Crippen LogP) is 1.65. The van der Waals surface area contributed by atoms with E-state index >= 15 is 0 Å². The highest BCUT2D eigenvalue weighted by Crippen LogP contribution is 2.25. The van der Waals surface area contributed by atoms with Crippen molar-refractivity contribution in [2.45, 2.75) is 6.54 Å². The lowest BCUT2D eigenvalue weighted by Gasteiger charge is -2.03. The number of nitrogens with zero attached hydrogens (tertiary/aromatic N) is 1. The van der Waals surface area contributed by atoms with Gasteiger partial charge in [-0.1, -0.05) is 0 Å². The Balaban J connectivity index is 2.48. The Morgan fingerprint density at radius 2 is 2.21 bits per heavy atom. The highest BCUT2D eigenvalue weighted by Gasteiger charge is 2.02. The van der Waals surface area contributed by atoms with Gasteiger partial charge in [0.15, 0.2) is 5.51 Å². The molecule has 0 saturated carbocycles. The summed E-state index contributed by atoms with van der Waals surface area (Å²) in [5.41, 5.74) is 17.0. The van der Waals surface area contributed by atoms with Crippen LogP contribution in [0, 0.1) is 5.51 Å². The molecule has 0 aliphatic rings. The Morgan fingerprint density at radius 3 is 2.86 bits per heavy atom. The minimum atomic E-state index is 0.501. The summed E-state index contributed by atoms with van der Waals surface area (Å²) in [4.78, 5) is 4.97. The molecule has 0 aliphatic heterocycles. The second kappa shape index (κ2) is 3.77. The van der Waals surface area contributed by atoms with Crippen LogP contribution < -0.4 is 11.5 Å². The van der Waals surface area contributed by atoms with E-state index in [4.69, 9.17) is 11.5 Å². The van der Waals surface area contributed by atoms with Gasteiger partial charge in [-0.3, -0.25) is 0 Å². The molecule has 0 bridgehead atoms. The number of anilines is 1. The molecule has 0 atom stereocenters. The molecule has 1 radical (unpaired) electrons. The number of nitrogen functional groups attached to an aromatic ring is 1. The number of nitrogens with two attached hydrogens (primary N) is 2. The van der Waals surface area contributed by atoms with Gasteiger partial charge in [0.05, 0.1) is 4.88 Å². The van der Waals surface area contributed by atoms with Crippen molar-refractivity contribution >= 4 is 17.0 Å². The molecule has 4 N–H and O–H groups in total. The summed E-state index contributed by atoms with van der Waals surface area (Å²) in [6, 6.07) is 5.83. The van der Waals surface area contributed by atoms with E-state index in [1.165, 1.54) is 11.3 Å². The van der Waals surface area contributed by atoms with Gasteiger partial charge in [-0.15, -0.1) is 11.3 Å². The van der Waals surface area contributed by atoms with E-state index in [0.717, 1.165) is 21.7 Å². The van der Waals surface area contributed by atoms with Crippen molar-refractivity contribution in [3.05, 3.63) is 35.5 Å². The fourth-order valence-corrected chi connectivity index (χ4v) is 1.84. The van der Waals surface area contributed by atoms with E-state index in [1.807, 2.05) is 18.2 Å². The van der Waals surface area contributed by atoms with Crippen LogP contribution in [0.5, 0.6) is 0 Å². The summed E-state index contributed by atoms with van der Waals surface area (Å²) >= 11 is 1.47. The van der Waals surface area contributed by atoms with Gasteiger partial charge in [0, 0.05) is 18.4 Å². The molecule has 0 fully saturated rings. The van der Waals surface area contributed by atoms with Crippen LogP contribution in [0.15, 0.2) is 24.4 Å². The third-order valence-electron chi connectivity index (χ3n) is 1.93. The average Bonchev–Trinajstić information content (AvgIpc) is 2.69. The number of rotatable bonds is 2. The molecule has 4 heteroatoms. The standard InChI is InChI=1S/C10H10N3S/c11-4-7-1-8(3-9(12)2-7)10-5-13-6-14-10/h1-3,5H,4,11-12H2. The Morgan fingerprint density at radius 1 is 1.36 bits per heavy atom. The molecule has 2 aromatic rings. The van der Waals surface area contributed by atoms with Gasteiger partial charge in [-0.05, 0) is 29.3 Å². The zero-order chi connectivity index (χ0) is 9.97. The highest BCUT2D eigenvalue weighted by atomic mass is 32.1. The first kappa shape index (κ1) is 9.18. The molecule has 0 aliphatic carbocycles. The smallest absolute Gasteiger partial charge is 0.152 e. The van der Waals surface area contributed by atoms with Gasteiger partial charge in [0.1, 0.15) is 0 Å². The third-order valence-corrected chi connectivity index (χ3v) is 2.68. The van der Waals surface area contributed by atoms with Crippen LogP contribution >= 0.6 is 11.3 Å². The zero-order valence-corrected chi connectivity index (χ0v) is 8.34. The van der Waals surface area contributed by atoms with Crippen LogP contribution in [0.4, 0.5) is 5.69 Å². The summed E-state index contributed by atoms with van der Waals surface area (Å²) < 4.78 is 0. The van der Waals surface area contributed by atoms with Gasteiger partial charge in [-0.2, -0.15) is 0 Å². The number of hydrogen-bond donors (Lipinski definition) is 2. The van der Waals surface area contributed by atoms with Gasteiger partial charge in [0.2, 0.25) is 0 Å². The Bertz CT molecular complexity index is 423.